The number of benzene rings is 1. The lowest BCUT2D eigenvalue weighted by atomic mass is 10.2. The standard InChI is InChI=1S/C14H8F5N3S/c15-10-3-1-2-8(12(10)16)7-23-13-21-20-11-5-4-9(6-22(11)13)14(17,18)19/h1-6H,7H2. The molecule has 0 amide bonds. The van der Waals surface area contributed by atoms with Crippen LogP contribution in [0.3, 0.4) is 0 Å². The predicted octanol–water partition coefficient (Wildman–Crippen LogP) is 4.32. The zero-order valence-electron chi connectivity index (χ0n) is 11.3. The number of hydrogen-bond acceptors (Lipinski definition) is 3. The van der Waals surface area contributed by atoms with Gasteiger partial charge in [-0.1, -0.05) is 23.9 Å². The van der Waals surface area contributed by atoms with Gasteiger partial charge in [0.05, 0.1) is 5.56 Å². The van der Waals surface area contributed by atoms with E-state index in [4.69, 9.17) is 0 Å². The molecular weight excluding hydrogens is 337 g/mol. The fourth-order valence-electron chi connectivity index (χ4n) is 1.94. The Hall–Kier alpha value is -2.16. The summed E-state index contributed by atoms with van der Waals surface area (Å²) >= 11 is 0.967. The molecule has 0 fully saturated rings. The summed E-state index contributed by atoms with van der Waals surface area (Å²) in [5, 5.41) is 7.69. The number of rotatable bonds is 3. The minimum atomic E-state index is -4.49. The highest BCUT2D eigenvalue weighted by molar-refractivity contribution is 7.98. The van der Waals surface area contributed by atoms with E-state index < -0.39 is 23.4 Å². The van der Waals surface area contributed by atoms with Gasteiger partial charge in [-0.3, -0.25) is 4.40 Å². The zero-order valence-corrected chi connectivity index (χ0v) is 12.1. The van der Waals surface area contributed by atoms with Gasteiger partial charge in [0.25, 0.3) is 0 Å². The van der Waals surface area contributed by atoms with Crippen molar-refractivity contribution in [1.29, 1.82) is 0 Å². The second-order valence-electron chi connectivity index (χ2n) is 4.63. The zero-order chi connectivity index (χ0) is 16.6. The number of nitrogens with zero attached hydrogens (tertiary/aromatic N) is 3. The van der Waals surface area contributed by atoms with Crippen molar-refractivity contribution in [3.8, 4) is 0 Å². The highest BCUT2D eigenvalue weighted by atomic mass is 32.2. The Morgan fingerprint density at radius 2 is 1.83 bits per heavy atom. The van der Waals surface area contributed by atoms with Crippen LogP contribution in [-0.4, -0.2) is 14.6 Å². The van der Waals surface area contributed by atoms with Gasteiger partial charge in [-0.15, -0.1) is 10.2 Å². The van der Waals surface area contributed by atoms with Crippen LogP contribution in [0.4, 0.5) is 22.0 Å². The molecule has 0 saturated carbocycles. The van der Waals surface area contributed by atoms with Crippen LogP contribution >= 0.6 is 11.8 Å². The maximum absolute atomic E-state index is 13.6. The Labute approximate surface area is 131 Å². The van der Waals surface area contributed by atoms with Crippen molar-refractivity contribution < 1.29 is 22.0 Å². The highest BCUT2D eigenvalue weighted by Crippen LogP contribution is 2.30. The summed E-state index contributed by atoms with van der Waals surface area (Å²) in [6.07, 6.45) is -3.62. The van der Waals surface area contributed by atoms with E-state index in [0.29, 0.717) is 0 Å². The molecule has 2 aromatic heterocycles. The van der Waals surface area contributed by atoms with Gasteiger partial charge in [0, 0.05) is 17.5 Å². The second-order valence-corrected chi connectivity index (χ2v) is 5.57. The number of aromatic nitrogens is 3. The minimum absolute atomic E-state index is 0.0145. The molecule has 0 spiro atoms. The average molecular weight is 345 g/mol. The van der Waals surface area contributed by atoms with E-state index in [1.807, 2.05) is 0 Å². The van der Waals surface area contributed by atoms with Crippen LogP contribution in [0.2, 0.25) is 0 Å². The van der Waals surface area contributed by atoms with Gasteiger partial charge in [-0.25, -0.2) is 8.78 Å². The van der Waals surface area contributed by atoms with Gasteiger partial charge >= 0.3 is 6.18 Å². The third-order valence-corrected chi connectivity index (χ3v) is 4.08. The number of alkyl halides is 3. The number of thioether (sulfide) groups is 1. The molecule has 0 bridgehead atoms. The largest absolute Gasteiger partial charge is 0.417 e. The van der Waals surface area contributed by atoms with Crippen LogP contribution in [0.5, 0.6) is 0 Å². The molecule has 0 aliphatic rings. The molecule has 0 unspecified atom stereocenters. The lowest BCUT2D eigenvalue weighted by molar-refractivity contribution is -0.137. The lowest BCUT2D eigenvalue weighted by Crippen LogP contribution is -2.06. The first-order chi connectivity index (χ1) is 10.9. The Kier molecular flexibility index (Phi) is 3.97. The summed E-state index contributed by atoms with van der Waals surface area (Å²) in [7, 11) is 0. The van der Waals surface area contributed by atoms with Gasteiger partial charge < -0.3 is 0 Å². The van der Waals surface area contributed by atoms with Gasteiger partial charge in [0.2, 0.25) is 0 Å². The molecule has 0 aliphatic heterocycles. The van der Waals surface area contributed by atoms with Gasteiger partial charge in [0.1, 0.15) is 0 Å². The first kappa shape index (κ1) is 15.7. The molecule has 3 nitrogen and oxygen atoms in total. The smallest absolute Gasteiger partial charge is 0.277 e. The predicted molar refractivity (Wildman–Crippen MR) is 73.9 cm³/mol. The number of halogens is 5. The van der Waals surface area contributed by atoms with E-state index in [2.05, 4.69) is 10.2 Å². The second kappa shape index (κ2) is 5.80. The molecule has 120 valence electrons. The van der Waals surface area contributed by atoms with Crippen molar-refractivity contribution in [2.75, 3.05) is 0 Å². The van der Waals surface area contributed by atoms with E-state index >= 15 is 0 Å². The van der Waals surface area contributed by atoms with E-state index in [9.17, 15) is 22.0 Å². The van der Waals surface area contributed by atoms with Gasteiger partial charge in [-0.2, -0.15) is 13.2 Å². The molecule has 0 radical (unpaired) electrons. The topological polar surface area (TPSA) is 30.2 Å². The summed E-state index contributed by atoms with van der Waals surface area (Å²) in [6, 6.07) is 5.85. The van der Waals surface area contributed by atoms with Crippen molar-refractivity contribution in [3.05, 3.63) is 59.3 Å². The average Bonchev–Trinajstić information content (AvgIpc) is 2.90. The van der Waals surface area contributed by atoms with Crippen LogP contribution in [0, 0.1) is 11.6 Å². The quantitative estimate of drug-likeness (QED) is 0.523. The lowest BCUT2D eigenvalue weighted by Gasteiger charge is -2.07. The molecule has 23 heavy (non-hydrogen) atoms. The molecule has 0 atom stereocenters. The number of hydrogen-bond donors (Lipinski definition) is 0. The van der Waals surface area contributed by atoms with E-state index in [0.717, 1.165) is 30.1 Å². The SMILES string of the molecule is Fc1cccc(CSc2nnc3ccc(C(F)(F)F)cn23)c1F. The van der Waals surface area contributed by atoms with Crippen molar-refractivity contribution in [2.45, 2.75) is 17.1 Å². The maximum atomic E-state index is 13.6. The maximum Gasteiger partial charge on any atom is 0.417 e. The highest BCUT2D eigenvalue weighted by Gasteiger charge is 2.31. The van der Waals surface area contributed by atoms with Crippen LogP contribution < -0.4 is 0 Å². The molecule has 0 N–H and O–H groups in total. The molecule has 0 aliphatic carbocycles. The Bertz CT molecular complexity index is 859. The third-order valence-electron chi connectivity index (χ3n) is 3.09. The summed E-state index contributed by atoms with van der Waals surface area (Å²) in [5.41, 5.74) is -0.512. The monoisotopic (exact) mass is 345 g/mol. The fraction of sp³-hybridized carbons (Fsp3) is 0.143. The number of fused-ring (bicyclic) bond motifs is 1. The summed E-state index contributed by atoms with van der Waals surface area (Å²) in [6.45, 7) is 0. The van der Waals surface area contributed by atoms with E-state index in [1.54, 1.807) is 0 Å². The summed E-state index contributed by atoms with van der Waals surface area (Å²) in [4.78, 5) is 0. The number of pyridine rings is 1. The molecule has 2 heterocycles. The van der Waals surface area contributed by atoms with Crippen LogP contribution in [0.15, 0.2) is 41.7 Å². The molecule has 3 rings (SSSR count). The summed E-state index contributed by atoms with van der Waals surface area (Å²) in [5.74, 6) is -1.95. The Balaban J connectivity index is 1.90. The molecule has 0 saturated heterocycles. The molecule has 9 heteroatoms. The van der Waals surface area contributed by atoms with Crippen molar-refractivity contribution >= 4 is 17.4 Å². The van der Waals surface area contributed by atoms with Crippen LogP contribution in [0.1, 0.15) is 11.1 Å². The van der Waals surface area contributed by atoms with Gasteiger partial charge in [-0.05, 0) is 18.2 Å². The van der Waals surface area contributed by atoms with E-state index in [-0.39, 0.29) is 22.1 Å². The molecule has 3 aromatic rings. The summed E-state index contributed by atoms with van der Waals surface area (Å²) < 4.78 is 66.1. The normalized spacial score (nSPS) is 12.0. The van der Waals surface area contributed by atoms with Crippen molar-refractivity contribution in [2.24, 2.45) is 0 Å². The Morgan fingerprint density at radius 1 is 1.04 bits per heavy atom. The van der Waals surface area contributed by atoms with Crippen molar-refractivity contribution in [3.63, 3.8) is 0 Å². The third kappa shape index (κ3) is 3.14. The van der Waals surface area contributed by atoms with Gasteiger partial charge in [0.15, 0.2) is 22.4 Å². The van der Waals surface area contributed by atoms with E-state index in [1.165, 1.54) is 22.6 Å². The van der Waals surface area contributed by atoms with Crippen molar-refractivity contribution in [1.82, 2.24) is 14.6 Å². The molecular formula is C14H8F5N3S. The Morgan fingerprint density at radius 3 is 2.57 bits per heavy atom. The first-order valence-electron chi connectivity index (χ1n) is 6.34. The fourth-order valence-corrected chi connectivity index (χ4v) is 2.83. The minimum Gasteiger partial charge on any atom is -0.277 e. The first-order valence-corrected chi connectivity index (χ1v) is 7.32. The van der Waals surface area contributed by atoms with Crippen LogP contribution in [0.25, 0.3) is 5.65 Å². The molecule has 1 aromatic carbocycles. The van der Waals surface area contributed by atoms with Crippen LogP contribution in [-0.2, 0) is 11.9 Å².